The summed E-state index contributed by atoms with van der Waals surface area (Å²) in [6.07, 6.45) is 4.44. The minimum atomic E-state index is -1.00. The zero-order valence-electron chi connectivity index (χ0n) is 8.84. The van der Waals surface area contributed by atoms with Gasteiger partial charge in [0.1, 0.15) is 5.56 Å². The molecule has 0 amide bonds. The molecule has 2 aromatic heterocycles. The summed E-state index contributed by atoms with van der Waals surface area (Å²) < 4.78 is 1.42. The summed E-state index contributed by atoms with van der Waals surface area (Å²) in [5.41, 5.74) is 7.07. The molecule has 0 bridgehead atoms. The molecule has 0 aliphatic rings. The molecule has 0 atom stereocenters. The van der Waals surface area contributed by atoms with E-state index >= 15 is 0 Å². The van der Waals surface area contributed by atoms with Crippen LogP contribution >= 0.6 is 0 Å². The molecule has 6 nitrogen and oxygen atoms in total. The number of hydrogen-bond donors (Lipinski definition) is 2. The first-order valence-corrected chi connectivity index (χ1v) is 4.99. The van der Waals surface area contributed by atoms with Crippen molar-refractivity contribution in [1.29, 1.82) is 0 Å². The van der Waals surface area contributed by atoms with Gasteiger partial charge in [-0.1, -0.05) is 13.3 Å². The smallest absolute Gasteiger partial charge is 0.341 e. The normalized spacial score (nSPS) is 10.8. The number of fused-ring (bicyclic) bond motifs is 1. The highest BCUT2D eigenvalue weighted by Gasteiger charge is 2.19. The number of carboxylic acids is 1. The zero-order valence-corrected chi connectivity index (χ0v) is 8.84. The fourth-order valence-electron chi connectivity index (χ4n) is 1.63. The second kappa shape index (κ2) is 3.80. The topological polar surface area (TPSA) is 93.5 Å². The van der Waals surface area contributed by atoms with Crippen molar-refractivity contribution >= 4 is 17.3 Å². The highest BCUT2D eigenvalue weighted by molar-refractivity contribution is 5.95. The molecule has 0 saturated heterocycles. The van der Waals surface area contributed by atoms with Gasteiger partial charge in [0, 0.05) is 0 Å². The molecule has 2 aromatic rings. The van der Waals surface area contributed by atoms with Crippen LogP contribution in [0.25, 0.3) is 5.65 Å². The van der Waals surface area contributed by atoms with Crippen LogP contribution < -0.4 is 5.73 Å². The highest BCUT2D eigenvalue weighted by Crippen LogP contribution is 2.16. The van der Waals surface area contributed by atoms with Crippen LogP contribution in [0.2, 0.25) is 0 Å². The maximum atomic E-state index is 11.1. The Balaban J connectivity index is 2.70. The summed E-state index contributed by atoms with van der Waals surface area (Å²) in [6, 6.07) is 0. The summed E-state index contributed by atoms with van der Waals surface area (Å²) >= 11 is 0. The molecule has 2 heterocycles. The first-order chi connectivity index (χ1) is 7.63. The largest absolute Gasteiger partial charge is 0.477 e. The Bertz CT molecular complexity index is 547. The number of rotatable bonds is 3. The van der Waals surface area contributed by atoms with Crippen molar-refractivity contribution in [2.45, 2.75) is 19.8 Å². The summed E-state index contributed by atoms with van der Waals surface area (Å²) in [5, 5.41) is 13.3. The van der Waals surface area contributed by atoms with E-state index in [1.165, 1.54) is 10.7 Å². The Morgan fingerprint density at radius 2 is 2.38 bits per heavy atom. The van der Waals surface area contributed by atoms with Gasteiger partial charge in [-0.05, 0) is 6.42 Å². The van der Waals surface area contributed by atoms with E-state index in [-0.39, 0.29) is 5.56 Å². The Labute approximate surface area is 91.7 Å². The number of aryl methyl sites for hydroxylation is 1. The van der Waals surface area contributed by atoms with E-state index in [1.54, 1.807) is 6.20 Å². The molecule has 0 radical (unpaired) electrons. The number of carboxylic acid groups (broad SMARTS) is 1. The lowest BCUT2D eigenvalue weighted by molar-refractivity contribution is 0.0697. The first-order valence-electron chi connectivity index (χ1n) is 4.99. The number of hydrogen-bond acceptors (Lipinski definition) is 4. The predicted molar refractivity (Wildman–Crippen MR) is 58.4 cm³/mol. The van der Waals surface area contributed by atoms with Gasteiger partial charge in [0.2, 0.25) is 0 Å². The summed E-state index contributed by atoms with van der Waals surface area (Å²) in [7, 11) is 0. The number of nitrogen functional groups attached to an aromatic ring is 1. The van der Waals surface area contributed by atoms with Crippen LogP contribution in [0.1, 0.15) is 29.4 Å². The highest BCUT2D eigenvalue weighted by atomic mass is 16.4. The van der Waals surface area contributed by atoms with E-state index in [2.05, 4.69) is 10.1 Å². The fourth-order valence-corrected chi connectivity index (χ4v) is 1.63. The molecular formula is C10H12N4O2. The Morgan fingerprint density at radius 3 is 3.00 bits per heavy atom. The molecule has 0 aromatic carbocycles. The molecule has 0 fully saturated rings. The molecule has 0 aliphatic heterocycles. The van der Waals surface area contributed by atoms with Gasteiger partial charge < -0.3 is 10.8 Å². The third-order valence-electron chi connectivity index (χ3n) is 2.27. The number of nitrogens with two attached hydrogens (primary N) is 1. The molecule has 6 heteroatoms. The SMILES string of the molecule is CCCc1nn2cc(N)cnc2c1C(=O)O. The number of aromatic nitrogens is 3. The number of carbonyl (C=O) groups is 1. The van der Waals surface area contributed by atoms with Crippen LogP contribution in [0.3, 0.4) is 0 Å². The van der Waals surface area contributed by atoms with Gasteiger partial charge in [-0.15, -0.1) is 0 Å². The van der Waals surface area contributed by atoms with Gasteiger partial charge >= 0.3 is 5.97 Å². The van der Waals surface area contributed by atoms with Crippen molar-refractivity contribution in [3.05, 3.63) is 23.7 Å². The van der Waals surface area contributed by atoms with Crippen LogP contribution in [-0.2, 0) is 6.42 Å². The van der Waals surface area contributed by atoms with Crippen LogP contribution in [0, 0.1) is 0 Å². The molecule has 0 aliphatic carbocycles. The van der Waals surface area contributed by atoms with E-state index in [0.717, 1.165) is 6.42 Å². The minimum Gasteiger partial charge on any atom is -0.477 e. The van der Waals surface area contributed by atoms with Crippen molar-refractivity contribution in [3.8, 4) is 0 Å². The molecule has 0 saturated carbocycles. The second-order valence-electron chi connectivity index (χ2n) is 3.53. The van der Waals surface area contributed by atoms with Crippen molar-refractivity contribution in [2.75, 3.05) is 5.73 Å². The van der Waals surface area contributed by atoms with E-state index in [0.29, 0.717) is 23.4 Å². The van der Waals surface area contributed by atoms with Gasteiger partial charge in [0.25, 0.3) is 0 Å². The van der Waals surface area contributed by atoms with Crippen molar-refractivity contribution in [2.24, 2.45) is 0 Å². The maximum absolute atomic E-state index is 11.1. The lowest BCUT2D eigenvalue weighted by Crippen LogP contribution is -2.01. The minimum absolute atomic E-state index is 0.168. The lowest BCUT2D eigenvalue weighted by atomic mass is 10.1. The Kier molecular flexibility index (Phi) is 2.47. The zero-order chi connectivity index (χ0) is 11.7. The number of aromatic carboxylic acids is 1. The van der Waals surface area contributed by atoms with Gasteiger partial charge in [-0.2, -0.15) is 5.10 Å². The molecule has 84 valence electrons. The van der Waals surface area contributed by atoms with Gasteiger partial charge in [-0.25, -0.2) is 14.3 Å². The monoisotopic (exact) mass is 220 g/mol. The quantitative estimate of drug-likeness (QED) is 0.803. The third-order valence-corrected chi connectivity index (χ3v) is 2.27. The lowest BCUT2D eigenvalue weighted by Gasteiger charge is -1.95. The van der Waals surface area contributed by atoms with Gasteiger partial charge in [-0.3, -0.25) is 0 Å². The number of anilines is 1. The van der Waals surface area contributed by atoms with E-state index in [9.17, 15) is 4.79 Å². The fraction of sp³-hybridized carbons (Fsp3) is 0.300. The molecule has 0 unspecified atom stereocenters. The van der Waals surface area contributed by atoms with Crippen LogP contribution in [0.15, 0.2) is 12.4 Å². The third kappa shape index (κ3) is 1.58. The van der Waals surface area contributed by atoms with E-state index < -0.39 is 5.97 Å². The van der Waals surface area contributed by atoms with Crippen LogP contribution in [0.5, 0.6) is 0 Å². The summed E-state index contributed by atoms with van der Waals surface area (Å²) in [4.78, 5) is 15.1. The Morgan fingerprint density at radius 1 is 1.62 bits per heavy atom. The van der Waals surface area contributed by atoms with Crippen molar-refractivity contribution in [1.82, 2.24) is 14.6 Å². The van der Waals surface area contributed by atoms with Crippen LogP contribution in [-0.4, -0.2) is 25.7 Å². The maximum Gasteiger partial charge on any atom is 0.341 e. The predicted octanol–water partition coefficient (Wildman–Crippen LogP) is 0.962. The molecular weight excluding hydrogens is 208 g/mol. The average Bonchev–Trinajstić information content (AvgIpc) is 2.55. The molecule has 3 N–H and O–H groups in total. The molecule has 0 spiro atoms. The van der Waals surface area contributed by atoms with Crippen molar-refractivity contribution < 1.29 is 9.90 Å². The summed E-state index contributed by atoms with van der Waals surface area (Å²) in [6.45, 7) is 1.97. The van der Waals surface area contributed by atoms with Crippen molar-refractivity contribution in [3.63, 3.8) is 0 Å². The second-order valence-corrected chi connectivity index (χ2v) is 3.53. The van der Waals surface area contributed by atoms with Crippen LogP contribution in [0.4, 0.5) is 5.69 Å². The molecule has 16 heavy (non-hydrogen) atoms. The molecule has 2 rings (SSSR count). The van der Waals surface area contributed by atoms with Gasteiger partial charge in [0.05, 0.1) is 23.8 Å². The summed E-state index contributed by atoms with van der Waals surface area (Å²) in [5.74, 6) is -1.00. The first kappa shape index (κ1) is 10.4. The van der Waals surface area contributed by atoms with Gasteiger partial charge in [0.15, 0.2) is 5.65 Å². The Hall–Kier alpha value is -2.11. The van der Waals surface area contributed by atoms with E-state index in [1.807, 2.05) is 6.92 Å². The standard InChI is InChI=1S/C10H12N4O2/c1-2-3-7-8(10(15)16)9-12-4-6(11)5-14(9)13-7/h4-5H,2-3,11H2,1H3,(H,15,16). The number of nitrogens with zero attached hydrogens (tertiary/aromatic N) is 3. The van der Waals surface area contributed by atoms with E-state index in [4.69, 9.17) is 10.8 Å². The average molecular weight is 220 g/mol.